The van der Waals surface area contributed by atoms with Crippen molar-refractivity contribution in [1.82, 2.24) is 0 Å². The van der Waals surface area contributed by atoms with Crippen LogP contribution in [-0.2, 0) is 22.4 Å². The van der Waals surface area contributed by atoms with Gasteiger partial charge in [-0.3, -0.25) is 19.2 Å². The molecule has 3 rings (SSSR count). The molecule has 0 heterocycles. The molecule has 8 N–H and O–H groups in total. The molecular weight excluding hydrogens is 432 g/mol. The number of hydrogen-bond acceptors (Lipinski definition) is 4. The molecule has 2 bridgehead atoms. The van der Waals surface area contributed by atoms with Gasteiger partial charge in [-0.1, -0.05) is 32.1 Å². The van der Waals surface area contributed by atoms with Crippen LogP contribution in [0.15, 0.2) is 0 Å². The maximum absolute atomic E-state index is 13.0. The van der Waals surface area contributed by atoms with Gasteiger partial charge >= 0.3 is 0 Å². The molecule has 4 amide bonds. The predicted octanol–water partition coefficient (Wildman–Crippen LogP) is 2.82. The van der Waals surface area contributed by atoms with Crippen LogP contribution in [0.2, 0.25) is 0 Å². The zero-order chi connectivity index (χ0) is 24.8. The van der Waals surface area contributed by atoms with Crippen molar-refractivity contribution in [2.45, 2.75) is 102 Å². The van der Waals surface area contributed by atoms with Gasteiger partial charge in [0, 0.05) is 17.5 Å². The Balaban J connectivity index is 2.37. The van der Waals surface area contributed by atoms with Crippen LogP contribution >= 0.6 is 0 Å². The molecular formula is C26H38N4O4. The van der Waals surface area contributed by atoms with Gasteiger partial charge in [0.25, 0.3) is 0 Å². The Morgan fingerprint density at radius 1 is 0.735 bits per heavy atom. The maximum Gasteiger partial charge on any atom is 0.249 e. The van der Waals surface area contributed by atoms with Crippen LogP contribution in [-0.4, -0.2) is 23.6 Å². The lowest BCUT2D eigenvalue weighted by molar-refractivity contribution is -0.120. The SMILES string of the molecule is NC(=O)CCCC(C(N)=O)c1c2c(C(N)=O)c3c(c1C(N)=O)CCCCCC3CCCCCC2. The van der Waals surface area contributed by atoms with Gasteiger partial charge in [-0.15, -0.1) is 0 Å². The first-order valence-electron chi connectivity index (χ1n) is 12.6. The van der Waals surface area contributed by atoms with E-state index in [1.54, 1.807) is 0 Å². The third-order valence-electron chi connectivity index (χ3n) is 7.51. The third kappa shape index (κ3) is 5.59. The third-order valence-corrected chi connectivity index (χ3v) is 7.51. The van der Waals surface area contributed by atoms with Crippen LogP contribution in [0.25, 0.3) is 0 Å². The number of primary amides is 4. The monoisotopic (exact) mass is 470 g/mol. The molecule has 0 aliphatic heterocycles. The molecule has 0 fully saturated rings. The molecule has 0 radical (unpaired) electrons. The lowest BCUT2D eigenvalue weighted by atomic mass is 9.71. The summed E-state index contributed by atoms with van der Waals surface area (Å²) >= 11 is 0. The standard InChI is InChI=1S/C26H38N4O4/c27-19(31)14-8-13-18(24(28)32)21-17-12-6-2-1-4-9-15-10-5-3-7-11-16(23(21)26(30)34)20(15)22(17)25(29)33/h15,18H,1-14H2,(H2,27,31)(H2,28,32)(H2,29,33)(H2,30,34). The molecule has 0 aromatic heterocycles. The first kappa shape index (κ1) is 25.7. The first-order valence-corrected chi connectivity index (χ1v) is 12.6. The van der Waals surface area contributed by atoms with E-state index in [0.717, 1.165) is 68.9 Å². The van der Waals surface area contributed by atoms with Gasteiger partial charge in [-0.2, -0.15) is 0 Å². The number of fused-ring (bicyclic) bond motifs is 1. The van der Waals surface area contributed by atoms with Crippen molar-refractivity contribution in [2.75, 3.05) is 0 Å². The number of carbonyl (C=O) groups excluding carboxylic acids is 4. The number of hydrogen-bond donors (Lipinski definition) is 4. The van der Waals surface area contributed by atoms with Crippen LogP contribution < -0.4 is 22.9 Å². The van der Waals surface area contributed by atoms with Crippen molar-refractivity contribution in [3.63, 3.8) is 0 Å². The van der Waals surface area contributed by atoms with E-state index in [4.69, 9.17) is 22.9 Å². The quantitative estimate of drug-likeness (QED) is 0.457. The van der Waals surface area contributed by atoms with Gasteiger partial charge in [0.15, 0.2) is 0 Å². The van der Waals surface area contributed by atoms with E-state index in [9.17, 15) is 19.2 Å². The molecule has 0 spiro atoms. The van der Waals surface area contributed by atoms with E-state index in [1.165, 1.54) is 0 Å². The van der Waals surface area contributed by atoms with E-state index in [1.807, 2.05) is 0 Å². The minimum absolute atomic E-state index is 0.0979. The number of carbonyl (C=O) groups is 4. The number of rotatable bonds is 8. The number of nitrogens with two attached hydrogens (primary N) is 4. The summed E-state index contributed by atoms with van der Waals surface area (Å²) in [6.45, 7) is 0. The second-order valence-electron chi connectivity index (χ2n) is 9.83. The molecule has 1 aromatic carbocycles. The fourth-order valence-electron chi connectivity index (χ4n) is 6.07. The van der Waals surface area contributed by atoms with E-state index < -0.39 is 29.5 Å². The summed E-state index contributed by atoms with van der Waals surface area (Å²) in [7, 11) is 0. The average molecular weight is 471 g/mol. The van der Waals surface area contributed by atoms with Gasteiger partial charge in [0.2, 0.25) is 23.6 Å². The van der Waals surface area contributed by atoms with E-state index in [0.29, 0.717) is 41.5 Å². The summed E-state index contributed by atoms with van der Waals surface area (Å²) in [5.41, 5.74) is 26.7. The molecule has 8 nitrogen and oxygen atoms in total. The zero-order valence-electron chi connectivity index (χ0n) is 20.0. The summed E-state index contributed by atoms with van der Waals surface area (Å²) < 4.78 is 0. The number of amides is 4. The largest absolute Gasteiger partial charge is 0.370 e. The molecule has 8 heteroatoms. The van der Waals surface area contributed by atoms with Crippen molar-refractivity contribution in [3.05, 3.63) is 33.4 Å². The zero-order valence-corrected chi connectivity index (χ0v) is 20.0. The molecule has 2 atom stereocenters. The second-order valence-corrected chi connectivity index (χ2v) is 9.83. The normalized spacial score (nSPS) is 19.4. The lowest BCUT2D eigenvalue weighted by Gasteiger charge is -2.33. The van der Waals surface area contributed by atoms with Crippen molar-refractivity contribution in [2.24, 2.45) is 22.9 Å². The van der Waals surface area contributed by atoms with Crippen molar-refractivity contribution in [3.8, 4) is 0 Å². The van der Waals surface area contributed by atoms with Gasteiger partial charge < -0.3 is 22.9 Å². The first-order chi connectivity index (χ1) is 16.2. The Bertz CT molecular complexity index is 972. The minimum atomic E-state index is -0.855. The fraction of sp³-hybridized carbons (Fsp3) is 0.615. The average Bonchev–Trinajstić information content (AvgIpc) is 2.74. The lowest BCUT2D eigenvalue weighted by Crippen LogP contribution is -2.32. The Morgan fingerprint density at radius 3 is 1.85 bits per heavy atom. The summed E-state index contributed by atoms with van der Waals surface area (Å²) in [5, 5.41) is 0. The molecule has 2 unspecified atom stereocenters. The molecule has 0 saturated carbocycles. The highest BCUT2D eigenvalue weighted by atomic mass is 16.2. The molecule has 2 aliphatic rings. The summed E-state index contributed by atoms with van der Waals surface area (Å²) in [6, 6.07) is 0. The van der Waals surface area contributed by atoms with E-state index >= 15 is 0 Å². The minimum Gasteiger partial charge on any atom is -0.370 e. The van der Waals surface area contributed by atoms with Crippen LogP contribution in [0.4, 0.5) is 0 Å². The summed E-state index contributed by atoms with van der Waals surface area (Å²) in [4.78, 5) is 50.0. The molecule has 34 heavy (non-hydrogen) atoms. The highest BCUT2D eigenvalue weighted by Gasteiger charge is 2.36. The number of benzene rings is 1. The highest BCUT2D eigenvalue weighted by Crippen LogP contribution is 2.44. The smallest absolute Gasteiger partial charge is 0.249 e. The Hall–Kier alpha value is -2.90. The van der Waals surface area contributed by atoms with Crippen molar-refractivity contribution < 1.29 is 19.2 Å². The van der Waals surface area contributed by atoms with Gasteiger partial charge in [-0.05, 0) is 79.5 Å². The van der Waals surface area contributed by atoms with Crippen molar-refractivity contribution >= 4 is 23.6 Å². The molecule has 1 aromatic rings. The maximum atomic E-state index is 13.0. The molecule has 186 valence electrons. The van der Waals surface area contributed by atoms with E-state index in [-0.39, 0.29) is 18.8 Å². The molecule has 2 aliphatic carbocycles. The fourth-order valence-corrected chi connectivity index (χ4v) is 6.07. The summed E-state index contributed by atoms with van der Waals surface area (Å²) in [5.74, 6) is -2.95. The van der Waals surface area contributed by atoms with Gasteiger partial charge in [0.1, 0.15) is 0 Å². The van der Waals surface area contributed by atoms with Gasteiger partial charge in [-0.25, -0.2) is 0 Å². The van der Waals surface area contributed by atoms with Crippen molar-refractivity contribution in [1.29, 1.82) is 0 Å². The van der Waals surface area contributed by atoms with E-state index in [2.05, 4.69) is 0 Å². The van der Waals surface area contributed by atoms with Crippen LogP contribution in [0, 0.1) is 0 Å². The second kappa shape index (κ2) is 11.5. The van der Waals surface area contributed by atoms with Crippen LogP contribution in [0.1, 0.15) is 132 Å². The molecule has 0 saturated heterocycles. The van der Waals surface area contributed by atoms with Gasteiger partial charge in [0.05, 0.1) is 5.92 Å². The van der Waals surface area contributed by atoms with Crippen LogP contribution in [0.3, 0.4) is 0 Å². The Labute approximate surface area is 201 Å². The Morgan fingerprint density at radius 2 is 1.29 bits per heavy atom. The summed E-state index contributed by atoms with van der Waals surface area (Å²) in [6.07, 6.45) is 10.6. The van der Waals surface area contributed by atoms with Crippen LogP contribution in [0.5, 0.6) is 0 Å². The topological polar surface area (TPSA) is 172 Å². The Kier molecular flexibility index (Phi) is 8.69. The highest BCUT2D eigenvalue weighted by molar-refractivity contribution is 6.04. The predicted molar refractivity (Wildman–Crippen MR) is 130 cm³/mol.